The number of fused-ring (bicyclic) bond motifs is 1. The standard InChI is InChI=1S/C52H64F3N11O6S/c1-35-30-65(41(28-56-35)33-71-4)32-47(68)66-34-51(2,3)48-45(66)25-38(27-57-48)22-36-8-6-10-42(23-36)72-21-20-63-16-18-64(19-17-63)31-46(67)60-39-12-14-40(15-13-39)61-50-59-29-44(52(53,54)55)49(62-50)58-26-37-9-7-11-43(24-37)73(5,69)70/h6-15,23-25,27,29,35,41,56H,16-22,26,28,30-34H2,1-5H3,(H,60,67)(H2,58,59,61,62)/t35-,41-/m1/s1. The highest BCUT2D eigenvalue weighted by Gasteiger charge is 2.41. The third kappa shape index (κ3) is 14.1. The fraction of sp³-hybridized carbons (Fsp3) is 0.442. The average molecular weight is 1030 g/mol. The van der Waals surface area contributed by atoms with E-state index in [9.17, 15) is 31.2 Å². The van der Waals surface area contributed by atoms with Crippen LogP contribution in [0.4, 0.5) is 42.0 Å². The summed E-state index contributed by atoms with van der Waals surface area (Å²) >= 11 is 0. The summed E-state index contributed by atoms with van der Waals surface area (Å²) in [4.78, 5) is 48.4. The van der Waals surface area contributed by atoms with Gasteiger partial charge in [-0.15, -0.1) is 0 Å². The number of benzene rings is 3. The number of sulfone groups is 1. The molecule has 0 bridgehead atoms. The topological polar surface area (TPSA) is 186 Å². The van der Waals surface area contributed by atoms with Gasteiger partial charge in [-0.25, -0.2) is 13.4 Å². The van der Waals surface area contributed by atoms with Gasteiger partial charge in [-0.2, -0.15) is 18.2 Å². The molecule has 0 aliphatic carbocycles. The Morgan fingerprint density at radius 2 is 1.62 bits per heavy atom. The summed E-state index contributed by atoms with van der Waals surface area (Å²) in [6, 6.07) is 23.2. The van der Waals surface area contributed by atoms with Crippen LogP contribution in [0.3, 0.4) is 0 Å². The van der Waals surface area contributed by atoms with Gasteiger partial charge in [0.2, 0.25) is 17.8 Å². The van der Waals surface area contributed by atoms with E-state index in [2.05, 4.69) is 84.9 Å². The van der Waals surface area contributed by atoms with E-state index in [0.717, 1.165) is 67.2 Å². The largest absolute Gasteiger partial charge is 0.492 e. The molecule has 2 saturated heterocycles. The highest BCUT2D eigenvalue weighted by Crippen LogP contribution is 2.40. The number of carbonyl (C=O) groups is 2. The first-order valence-electron chi connectivity index (χ1n) is 24.4. The lowest BCUT2D eigenvalue weighted by atomic mass is 9.91. The number of hydrogen-bond donors (Lipinski definition) is 4. The van der Waals surface area contributed by atoms with E-state index >= 15 is 0 Å². The monoisotopic (exact) mass is 1030 g/mol. The fourth-order valence-corrected chi connectivity index (χ4v) is 10.1. The minimum absolute atomic E-state index is 0.0489. The lowest BCUT2D eigenvalue weighted by molar-refractivity contribution is -0.137. The zero-order valence-electron chi connectivity index (χ0n) is 41.8. The second-order valence-electron chi connectivity index (χ2n) is 19.7. The molecule has 3 aliphatic heterocycles. The Morgan fingerprint density at radius 1 is 0.890 bits per heavy atom. The maximum atomic E-state index is 13.9. The van der Waals surface area contributed by atoms with Crippen LogP contribution in [0.5, 0.6) is 5.75 Å². The third-order valence-corrected chi connectivity index (χ3v) is 14.4. The zero-order valence-corrected chi connectivity index (χ0v) is 42.7. The van der Waals surface area contributed by atoms with Crippen LogP contribution in [-0.2, 0) is 48.7 Å². The molecule has 2 atom stereocenters. The normalized spacial score (nSPS) is 18.5. The molecule has 0 unspecified atom stereocenters. The summed E-state index contributed by atoms with van der Waals surface area (Å²) in [6.07, 6.45) is -0.449. The Morgan fingerprint density at radius 3 is 2.36 bits per heavy atom. The zero-order chi connectivity index (χ0) is 51.9. The lowest BCUT2D eigenvalue weighted by Crippen LogP contribution is -2.59. The molecule has 17 nitrogen and oxygen atoms in total. The van der Waals surface area contributed by atoms with Crippen molar-refractivity contribution in [3.05, 3.63) is 119 Å². The van der Waals surface area contributed by atoms with Crippen molar-refractivity contribution in [1.82, 2.24) is 35.0 Å². The van der Waals surface area contributed by atoms with Crippen LogP contribution in [0.1, 0.15) is 48.7 Å². The molecule has 3 aromatic carbocycles. The Hall–Kier alpha value is -6.23. The number of carbonyl (C=O) groups excluding carboxylic acids is 2. The van der Waals surface area contributed by atoms with Crippen LogP contribution in [0.15, 0.2) is 96.2 Å². The molecule has 2 fully saturated rings. The molecular weight excluding hydrogens is 964 g/mol. The van der Waals surface area contributed by atoms with E-state index in [1.54, 1.807) is 37.4 Å². The number of aromatic nitrogens is 3. The SMILES string of the molecule is COC[C@H]1CN[C@H](C)CN1CC(=O)N1CC(C)(C)c2ncc(Cc3cccc(OCCN4CCN(CC(=O)Nc5ccc(Nc6ncc(C(F)(F)F)c(NCc7cccc(S(C)(=O)=O)c7)n6)cc5)CC4)c3)cc21. The van der Waals surface area contributed by atoms with Gasteiger partial charge in [-0.05, 0) is 84.6 Å². The van der Waals surface area contributed by atoms with E-state index in [1.807, 2.05) is 23.2 Å². The minimum Gasteiger partial charge on any atom is -0.492 e. The number of nitrogens with one attached hydrogen (secondary N) is 4. The van der Waals surface area contributed by atoms with Crippen LogP contribution in [0.25, 0.3) is 0 Å². The Bertz CT molecular complexity index is 2850. The van der Waals surface area contributed by atoms with E-state index in [-0.39, 0.29) is 47.2 Å². The van der Waals surface area contributed by atoms with E-state index < -0.39 is 27.4 Å². The van der Waals surface area contributed by atoms with Crippen molar-refractivity contribution in [2.45, 2.75) is 62.3 Å². The van der Waals surface area contributed by atoms with E-state index in [1.165, 1.54) is 18.2 Å². The summed E-state index contributed by atoms with van der Waals surface area (Å²) in [7, 11) is -1.81. The number of rotatable bonds is 19. The lowest BCUT2D eigenvalue weighted by Gasteiger charge is -2.39. The molecule has 390 valence electrons. The number of piperazine rings is 2. The molecule has 2 aromatic heterocycles. The molecule has 0 radical (unpaired) electrons. The smallest absolute Gasteiger partial charge is 0.421 e. The molecule has 0 saturated carbocycles. The summed E-state index contributed by atoms with van der Waals surface area (Å²) in [6.45, 7) is 13.7. The molecule has 73 heavy (non-hydrogen) atoms. The van der Waals surface area contributed by atoms with E-state index in [0.29, 0.717) is 75.0 Å². The van der Waals surface area contributed by atoms with Gasteiger partial charge in [-0.3, -0.25) is 29.3 Å². The van der Waals surface area contributed by atoms with Crippen molar-refractivity contribution in [3.63, 3.8) is 0 Å². The number of ether oxygens (including phenoxy) is 2. The number of hydrogen-bond acceptors (Lipinski definition) is 15. The highest BCUT2D eigenvalue weighted by molar-refractivity contribution is 7.90. The molecule has 8 rings (SSSR count). The van der Waals surface area contributed by atoms with Gasteiger partial charge >= 0.3 is 6.18 Å². The van der Waals surface area contributed by atoms with Gasteiger partial charge in [0.05, 0.1) is 36.0 Å². The second-order valence-corrected chi connectivity index (χ2v) is 21.7. The van der Waals surface area contributed by atoms with Gasteiger partial charge in [-0.1, -0.05) is 38.1 Å². The Balaban J connectivity index is 0.768. The average Bonchev–Trinajstić information content (AvgIpc) is 3.62. The molecule has 2 amide bonds. The van der Waals surface area contributed by atoms with Crippen molar-refractivity contribution in [1.29, 1.82) is 0 Å². The predicted molar refractivity (Wildman–Crippen MR) is 274 cm³/mol. The van der Waals surface area contributed by atoms with E-state index in [4.69, 9.17) is 14.5 Å². The number of alkyl halides is 3. The number of halogens is 3. The van der Waals surface area contributed by atoms with Crippen molar-refractivity contribution in [2.24, 2.45) is 0 Å². The number of nitrogens with zero attached hydrogens (tertiary/aromatic N) is 7. The van der Waals surface area contributed by atoms with Crippen molar-refractivity contribution < 1.29 is 40.7 Å². The number of amides is 2. The first-order chi connectivity index (χ1) is 34.8. The van der Waals surface area contributed by atoms with Crippen molar-refractivity contribution >= 4 is 50.5 Å². The van der Waals surface area contributed by atoms with Gasteiger partial charge in [0.15, 0.2) is 9.84 Å². The van der Waals surface area contributed by atoms with Crippen LogP contribution >= 0.6 is 0 Å². The van der Waals surface area contributed by atoms with Crippen LogP contribution in [-0.4, -0.2) is 154 Å². The molecule has 21 heteroatoms. The van der Waals surface area contributed by atoms with Crippen LogP contribution in [0.2, 0.25) is 0 Å². The first kappa shape index (κ1) is 53.1. The number of pyridine rings is 1. The molecular formula is C52H64F3N11O6S. The molecule has 0 spiro atoms. The van der Waals surface area contributed by atoms with Gasteiger partial charge < -0.3 is 35.6 Å². The van der Waals surface area contributed by atoms with Gasteiger partial charge in [0.1, 0.15) is 23.7 Å². The fourth-order valence-electron chi connectivity index (χ4n) is 9.41. The van der Waals surface area contributed by atoms with Crippen LogP contribution in [0, 0.1) is 0 Å². The number of anilines is 5. The van der Waals surface area contributed by atoms with Crippen molar-refractivity contribution in [3.8, 4) is 5.75 Å². The Kier molecular flexibility index (Phi) is 16.6. The molecule has 4 N–H and O–H groups in total. The number of methoxy groups -OCH3 is 1. The highest BCUT2D eigenvalue weighted by atomic mass is 32.2. The van der Waals surface area contributed by atoms with Crippen LogP contribution < -0.4 is 30.9 Å². The van der Waals surface area contributed by atoms with Gasteiger partial charge in [0, 0.05) is 114 Å². The summed E-state index contributed by atoms with van der Waals surface area (Å²) < 4.78 is 77.2. The Labute approximate surface area is 424 Å². The maximum Gasteiger partial charge on any atom is 0.421 e. The third-order valence-electron chi connectivity index (χ3n) is 13.3. The minimum atomic E-state index is -4.74. The maximum absolute atomic E-state index is 13.9. The molecule has 3 aliphatic rings. The van der Waals surface area contributed by atoms with Crippen molar-refractivity contribution in [2.75, 3.05) is 113 Å². The van der Waals surface area contributed by atoms with Gasteiger partial charge in [0.25, 0.3) is 0 Å². The summed E-state index contributed by atoms with van der Waals surface area (Å²) in [5.74, 6) is 0.100. The summed E-state index contributed by atoms with van der Waals surface area (Å²) in [5.41, 5.74) is 4.05. The first-order valence-corrected chi connectivity index (χ1v) is 26.3. The summed E-state index contributed by atoms with van der Waals surface area (Å²) in [5, 5.41) is 12.0. The molecule has 5 heterocycles. The molecule has 5 aromatic rings. The second kappa shape index (κ2) is 22.9. The quantitative estimate of drug-likeness (QED) is 0.0777. The predicted octanol–water partition coefficient (Wildman–Crippen LogP) is 5.81.